The molecule has 2 aromatic heterocycles. The van der Waals surface area contributed by atoms with Crippen molar-refractivity contribution in [3.63, 3.8) is 0 Å². The molecule has 0 spiro atoms. The molecule has 2 aromatic rings. The molecule has 3 rings (SSSR count). The maximum atomic E-state index is 11.4. The van der Waals surface area contributed by atoms with Crippen LogP contribution in [-0.4, -0.2) is 51.8 Å². The minimum Gasteiger partial charge on any atom is -0.368 e. The fourth-order valence-corrected chi connectivity index (χ4v) is 3.10. The minimum absolute atomic E-state index is 0.126. The van der Waals surface area contributed by atoms with Crippen molar-refractivity contribution in [2.75, 3.05) is 31.1 Å². The molecule has 0 bridgehead atoms. The van der Waals surface area contributed by atoms with Gasteiger partial charge in [-0.25, -0.2) is 9.67 Å². The van der Waals surface area contributed by atoms with E-state index >= 15 is 0 Å². The highest BCUT2D eigenvalue weighted by Gasteiger charge is 2.20. The van der Waals surface area contributed by atoms with Gasteiger partial charge >= 0.3 is 0 Å². The van der Waals surface area contributed by atoms with Crippen molar-refractivity contribution >= 4 is 23.2 Å². The monoisotopic (exact) mass is 333 g/mol. The van der Waals surface area contributed by atoms with Crippen LogP contribution >= 0.6 is 11.6 Å². The number of aromatic nitrogens is 3. The molecule has 0 aliphatic carbocycles. The maximum absolute atomic E-state index is 11.4. The van der Waals surface area contributed by atoms with E-state index in [2.05, 4.69) is 15.0 Å². The molecule has 0 saturated carbocycles. The van der Waals surface area contributed by atoms with Gasteiger partial charge in [-0.2, -0.15) is 5.10 Å². The highest BCUT2D eigenvalue weighted by molar-refractivity contribution is 6.29. The van der Waals surface area contributed by atoms with E-state index in [1.165, 1.54) is 0 Å². The smallest absolute Gasteiger partial charge is 0.219 e. The molecule has 1 aliphatic heterocycles. The van der Waals surface area contributed by atoms with Gasteiger partial charge in [0.15, 0.2) is 5.82 Å². The van der Waals surface area contributed by atoms with Gasteiger partial charge in [-0.05, 0) is 26.0 Å². The van der Waals surface area contributed by atoms with Crippen LogP contribution in [0.5, 0.6) is 0 Å². The first-order valence-electron chi connectivity index (χ1n) is 7.66. The maximum Gasteiger partial charge on any atom is 0.219 e. The van der Waals surface area contributed by atoms with E-state index < -0.39 is 0 Å². The van der Waals surface area contributed by atoms with E-state index in [0.717, 1.165) is 43.3 Å². The Hall–Kier alpha value is -2.08. The van der Waals surface area contributed by atoms with E-state index in [9.17, 15) is 4.79 Å². The van der Waals surface area contributed by atoms with Crippen LogP contribution in [0, 0.1) is 13.8 Å². The van der Waals surface area contributed by atoms with E-state index in [1.807, 2.05) is 36.9 Å². The van der Waals surface area contributed by atoms with Gasteiger partial charge in [0.2, 0.25) is 5.91 Å². The SMILES string of the molecule is CC(=O)N1CCN(c2cc(Cl)nc(-n3nc(C)cc3C)c2)CC1. The zero-order valence-corrected chi connectivity index (χ0v) is 14.3. The minimum atomic E-state index is 0.126. The summed E-state index contributed by atoms with van der Waals surface area (Å²) in [5.41, 5.74) is 2.97. The lowest BCUT2D eigenvalue weighted by Gasteiger charge is -2.35. The summed E-state index contributed by atoms with van der Waals surface area (Å²) in [5, 5.41) is 4.91. The number of pyridine rings is 1. The Balaban J connectivity index is 1.87. The number of aryl methyl sites for hydroxylation is 2. The summed E-state index contributed by atoms with van der Waals surface area (Å²) in [4.78, 5) is 19.9. The van der Waals surface area contributed by atoms with Crippen molar-refractivity contribution in [2.24, 2.45) is 0 Å². The number of carbonyl (C=O) groups excluding carboxylic acids is 1. The normalized spacial score (nSPS) is 15.1. The molecule has 7 heteroatoms. The molecule has 3 heterocycles. The second-order valence-electron chi connectivity index (χ2n) is 5.84. The first-order chi connectivity index (χ1) is 10.9. The Morgan fingerprint density at radius 2 is 1.83 bits per heavy atom. The molecule has 6 nitrogen and oxygen atoms in total. The largest absolute Gasteiger partial charge is 0.368 e. The highest BCUT2D eigenvalue weighted by atomic mass is 35.5. The predicted octanol–water partition coefficient (Wildman–Crippen LogP) is 2.21. The van der Waals surface area contributed by atoms with Crippen molar-refractivity contribution in [3.8, 4) is 5.82 Å². The van der Waals surface area contributed by atoms with Crippen LogP contribution in [0.4, 0.5) is 5.69 Å². The summed E-state index contributed by atoms with van der Waals surface area (Å²) >= 11 is 6.21. The van der Waals surface area contributed by atoms with Crippen molar-refractivity contribution in [2.45, 2.75) is 20.8 Å². The lowest BCUT2D eigenvalue weighted by molar-refractivity contribution is -0.129. The number of nitrogens with zero attached hydrogens (tertiary/aromatic N) is 5. The lowest BCUT2D eigenvalue weighted by Crippen LogP contribution is -2.48. The third kappa shape index (κ3) is 3.32. The van der Waals surface area contributed by atoms with Gasteiger partial charge in [-0.15, -0.1) is 0 Å². The Kier molecular flexibility index (Phi) is 4.26. The number of halogens is 1. The molecular formula is C16H20ClN5O. The van der Waals surface area contributed by atoms with Crippen LogP contribution < -0.4 is 4.90 Å². The number of carbonyl (C=O) groups is 1. The molecule has 0 atom stereocenters. The lowest BCUT2D eigenvalue weighted by atomic mass is 10.2. The van der Waals surface area contributed by atoms with Crippen molar-refractivity contribution in [1.82, 2.24) is 19.7 Å². The molecule has 1 fully saturated rings. The third-order valence-electron chi connectivity index (χ3n) is 4.08. The molecule has 0 N–H and O–H groups in total. The zero-order chi connectivity index (χ0) is 16.6. The molecule has 0 aromatic carbocycles. The zero-order valence-electron chi connectivity index (χ0n) is 13.6. The molecule has 1 saturated heterocycles. The number of anilines is 1. The Morgan fingerprint density at radius 1 is 1.13 bits per heavy atom. The van der Waals surface area contributed by atoms with Gasteiger partial charge in [0.1, 0.15) is 5.15 Å². The van der Waals surface area contributed by atoms with Crippen molar-refractivity contribution < 1.29 is 4.79 Å². The average Bonchev–Trinajstić information content (AvgIpc) is 2.85. The highest BCUT2D eigenvalue weighted by Crippen LogP contribution is 2.23. The van der Waals surface area contributed by atoms with Crippen LogP contribution in [-0.2, 0) is 4.79 Å². The first kappa shape index (κ1) is 15.8. The predicted molar refractivity (Wildman–Crippen MR) is 90.3 cm³/mol. The summed E-state index contributed by atoms with van der Waals surface area (Å²) in [5.74, 6) is 0.841. The summed E-state index contributed by atoms with van der Waals surface area (Å²) in [6, 6.07) is 5.86. The second-order valence-corrected chi connectivity index (χ2v) is 6.23. The number of rotatable bonds is 2. The number of hydrogen-bond acceptors (Lipinski definition) is 4. The number of hydrogen-bond donors (Lipinski definition) is 0. The van der Waals surface area contributed by atoms with Gasteiger partial charge in [0.05, 0.1) is 5.69 Å². The number of piperazine rings is 1. The van der Waals surface area contributed by atoms with E-state index in [4.69, 9.17) is 11.6 Å². The first-order valence-corrected chi connectivity index (χ1v) is 8.03. The molecule has 23 heavy (non-hydrogen) atoms. The Bertz CT molecular complexity index is 734. The third-order valence-corrected chi connectivity index (χ3v) is 4.28. The fraction of sp³-hybridized carbons (Fsp3) is 0.438. The van der Waals surface area contributed by atoms with Crippen LogP contribution in [0.1, 0.15) is 18.3 Å². The van der Waals surface area contributed by atoms with E-state index in [0.29, 0.717) is 11.0 Å². The van der Waals surface area contributed by atoms with Gasteiger partial charge in [0, 0.05) is 50.6 Å². The Morgan fingerprint density at radius 3 is 2.39 bits per heavy atom. The summed E-state index contributed by atoms with van der Waals surface area (Å²) < 4.78 is 1.80. The Labute approximate surface area is 140 Å². The van der Waals surface area contributed by atoms with Crippen LogP contribution in [0.15, 0.2) is 18.2 Å². The van der Waals surface area contributed by atoms with Gasteiger partial charge < -0.3 is 9.80 Å². The van der Waals surface area contributed by atoms with Crippen molar-refractivity contribution in [1.29, 1.82) is 0 Å². The van der Waals surface area contributed by atoms with E-state index in [-0.39, 0.29) is 5.91 Å². The molecule has 122 valence electrons. The molecule has 1 aliphatic rings. The van der Waals surface area contributed by atoms with Crippen LogP contribution in [0.2, 0.25) is 5.15 Å². The van der Waals surface area contributed by atoms with Gasteiger partial charge in [-0.3, -0.25) is 4.79 Å². The summed E-state index contributed by atoms with van der Waals surface area (Å²) in [6.07, 6.45) is 0. The van der Waals surface area contributed by atoms with Crippen LogP contribution in [0.3, 0.4) is 0 Å². The summed E-state index contributed by atoms with van der Waals surface area (Å²) in [7, 11) is 0. The number of amides is 1. The fourth-order valence-electron chi connectivity index (χ4n) is 2.90. The van der Waals surface area contributed by atoms with Gasteiger partial charge in [-0.1, -0.05) is 11.6 Å². The molecular weight excluding hydrogens is 314 g/mol. The molecule has 1 amide bonds. The van der Waals surface area contributed by atoms with Gasteiger partial charge in [0.25, 0.3) is 0 Å². The van der Waals surface area contributed by atoms with E-state index in [1.54, 1.807) is 11.6 Å². The standard InChI is InChI=1S/C16H20ClN5O/c1-11-8-12(2)22(19-11)16-10-14(9-15(17)18-16)21-6-4-20(5-7-21)13(3)23/h8-10H,4-7H2,1-3H3. The second kappa shape index (κ2) is 6.20. The van der Waals surface area contributed by atoms with Crippen LogP contribution in [0.25, 0.3) is 5.82 Å². The molecule has 0 unspecified atom stereocenters. The summed E-state index contributed by atoms with van der Waals surface area (Å²) in [6.45, 7) is 8.59. The quantitative estimate of drug-likeness (QED) is 0.791. The topological polar surface area (TPSA) is 54.3 Å². The average molecular weight is 334 g/mol. The molecule has 0 radical (unpaired) electrons. The van der Waals surface area contributed by atoms with Crippen molar-refractivity contribution in [3.05, 3.63) is 34.7 Å².